The maximum atomic E-state index is 10.2. The first-order valence-corrected chi connectivity index (χ1v) is 8.08. The number of aliphatic hydroxyl groups is 4. The number of fused-ring (bicyclic) bond motifs is 1. The van der Waals surface area contributed by atoms with Gasteiger partial charge in [0.05, 0.1) is 18.5 Å². The molecule has 0 aliphatic carbocycles. The van der Waals surface area contributed by atoms with Crippen LogP contribution in [-0.4, -0.2) is 77.0 Å². The van der Waals surface area contributed by atoms with E-state index in [1.54, 1.807) is 13.8 Å². The zero-order valence-electron chi connectivity index (χ0n) is 14.1. The van der Waals surface area contributed by atoms with E-state index in [1.807, 2.05) is 0 Å². The van der Waals surface area contributed by atoms with E-state index < -0.39 is 36.7 Å². The van der Waals surface area contributed by atoms with E-state index in [4.69, 9.17) is 4.74 Å². The summed E-state index contributed by atoms with van der Waals surface area (Å²) < 4.78 is 7.01. The van der Waals surface area contributed by atoms with Gasteiger partial charge in [0.2, 0.25) is 0 Å². The Morgan fingerprint density at radius 3 is 2.64 bits per heavy atom. The predicted molar refractivity (Wildman–Crippen MR) is 87.7 cm³/mol. The van der Waals surface area contributed by atoms with Gasteiger partial charge in [-0.1, -0.05) is 0 Å². The molecular weight excluding hydrogens is 330 g/mol. The Labute approximate surface area is 144 Å². The van der Waals surface area contributed by atoms with Crippen molar-refractivity contribution in [3.63, 3.8) is 0 Å². The maximum Gasteiger partial charge on any atom is 0.167 e. The Kier molecular flexibility index (Phi) is 4.89. The number of nitrogens with one attached hydrogen (secondary N) is 1. The van der Waals surface area contributed by atoms with Crippen LogP contribution in [0.2, 0.25) is 0 Å². The van der Waals surface area contributed by atoms with Gasteiger partial charge in [0, 0.05) is 6.54 Å². The fraction of sp³-hybridized carbons (Fsp3) is 0.667. The third kappa shape index (κ3) is 3.58. The highest BCUT2D eigenvalue weighted by Crippen LogP contribution is 2.32. The molecular formula is C15H23N5O5. The summed E-state index contributed by atoms with van der Waals surface area (Å²) in [5, 5.41) is 42.2. The van der Waals surface area contributed by atoms with Gasteiger partial charge in [-0.3, -0.25) is 4.57 Å². The van der Waals surface area contributed by atoms with Crippen molar-refractivity contribution in [3.05, 3.63) is 12.7 Å². The van der Waals surface area contributed by atoms with Gasteiger partial charge in [0.25, 0.3) is 0 Å². The van der Waals surface area contributed by atoms with Crippen LogP contribution >= 0.6 is 0 Å². The number of hydrogen-bond donors (Lipinski definition) is 5. The minimum Gasteiger partial charge on any atom is -0.394 e. The molecule has 4 atom stereocenters. The monoisotopic (exact) mass is 353 g/mol. The molecule has 25 heavy (non-hydrogen) atoms. The van der Waals surface area contributed by atoms with Gasteiger partial charge >= 0.3 is 0 Å². The standard InChI is InChI=1S/C15H23N5O5/c1-15(2,24)3-4-16-12-9-13(18-6-17-12)20(7-19-9)14-11(23)10(22)8(5-21)25-14/h6-8,10-11,14,21-24H,3-5H2,1-2H3,(H,16,17,18). The second-order valence-electron chi connectivity index (χ2n) is 6.76. The highest BCUT2D eigenvalue weighted by molar-refractivity contribution is 5.82. The molecule has 10 heteroatoms. The van der Waals surface area contributed by atoms with Crippen LogP contribution in [0.4, 0.5) is 5.82 Å². The molecule has 1 fully saturated rings. The zero-order valence-corrected chi connectivity index (χ0v) is 14.1. The lowest BCUT2D eigenvalue weighted by atomic mass is 10.1. The van der Waals surface area contributed by atoms with E-state index in [2.05, 4.69) is 20.3 Å². The van der Waals surface area contributed by atoms with Crippen molar-refractivity contribution in [1.29, 1.82) is 0 Å². The molecule has 10 nitrogen and oxygen atoms in total. The average Bonchev–Trinajstić information content (AvgIpc) is 3.09. The summed E-state index contributed by atoms with van der Waals surface area (Å²) in [7, 11) is 0. The lowest BCUT2D eigenvalue weighted by Crippen LogP contribution is -2.33. The average molecular weight is 353 g/mol. The first kappa shape index (κ1) is 18.0. The Morgan fingerprint density at radius 2 is 2.00 bits per heavy atom. The summed E-state index contributed by atoms with van der Waals surface area (Å²) >= 11 is 0. The highest BCUT2D eigenvalue weighted by Gasteiger charge is 2.44. The van der Waals surface area contributed by atoms with Crippen LogP contribution < -0.4 is 5.32 Å². The van der Waals surface area contributed by atoms with Crippen molar-refractivity contribution >= 4 is 17.0 Å². The molecule has 3 rings (SSSR count). The molecule has 0 spiro atoms. The number of rotatable bonds is 6. The summed E-state index contributed by atoms with van der Waals surface area (Å²) in [6.07, 6.45) is -0.863. The lowest BCUT2D eigenvalue weighted by molar-refractivity contribution is -0.0511. The number of anilines is 1. The second-order valence-corrected chi connectivity index (χ2v) is 6.76. The first-order chi connectivity index (χ1) is 11.8. The van der Waals surface area contributed by atoms with Gasteiger partial charge in [-0.15, -0.1) is 0 Å². The number of hydrogen-bond acceptors (Lipinski definition) is 9. The zero-order chi connectivity index (χ0) is 18.2. The Hall–Kier alpha value is -1.85. The molecule has 2 aromatic heterocycles. The predicted octanol–water partition coefficient (Wildman–Crippen LogP) is -0.989. The van der Waals surface area contributed by atoms with Gasteiger partial charge < -0.3 is 30.5 Å². The van der Waals surface area contributed by atoms with E-state index in [-0.39, 0.29) is 0 Å². The normalized spacial score (nSPS) is 27.1. The fourth-order valence-electron chi connectivity index (χ4n) is 2.76. The minimum absolute atomic E-state index is 0.403. The van der Waals surface area contributed by atoms with E-state index >= 15 is 0 Å². The molecule has 1 saturated heterocycles. The van der Waals surface area contributed by atoms with Crippen LogP contribution in [0.5, 0.6) is 0 Å². The molecule has 138 valence electrons. The largest absolute Gasteiger partial charge is 0.394 e. The molecule has 1 aliphatic heterocycles. The van der Waals surface area contributed by atoms with E-state index in [0.29, 0.717) is 29.9 Å². The summed E-state index contributed by atoms with van der Waals surface area (Å²) in [4.78, 5) is 12.6. The van der Waals surface area contributed by atoms with Crippen LogP contribution in [-0.2, 0) is 4.74 Å². The summed E-state index contributed by atoms with van der Waals surface area (Å²) in [5.74, 6) is 0.500. The van der Waals surface area contributed by atoms with Gasteiger partial charge in [-0.05, 0) is 20.3 Å². The van der Waals surface area contributed by atoms with Crippen molar-refractivity contribution < 1.29 is 25.2 Å². The third-order valence-corrected chi connectivity index (χ3v) is 4.18. The van der Waals surface area contributed by atoms with Gasteiger partial charge in [-0.2, -0.15) is 0 Å². The van der Waals surface area contributed by atoms with Crippen molar-refractivity contribution in [1.82, 2.24) is 19.5 Å². The van der Waals surface area contributed by atoms with E-state index in [9.17, 15) is 20.4 Å². The molecule has 0 amide bonds. The van der Waals surface area contributed by atoms with Crippen LogP contribution in [0.15, 0.2) is 12.7 Å². The lowest BCUT2D eigenvalue weighted by Gasteiger charge is -2.17. The highest BCUT2D eigenvalue weighted by atomic mass is 16.6. The summed E-state index contributed by atoms with van der Waals surface area (Å²) in [5.41, 5.74) is 0.113. The quantitative estimate of drug-likeness (QED) is 0.442. The van der Waals surface area contributed by atoms with Gasteiger partial charge in [0.15, 0.2) is 23.2 Å². The Morgan fingerprint density at radius 1 is 1.24 bits per heavy atom. The Bertz CT molecular complexity index is 731. The SMILES string of the molecule is CC(C)(O)CCNc1ncnc2c1ncn2C1OC(CO)C(O)C1O. The van der Waals surface area contributed by atoms with Crippen LogP contribution in [0.1, 0.15) is 26.5 Å². The number of aromatic nitrogens is 4. The second kappa shape index (κ2) is 6.81. The molecule has 5 N–H and O–H groups in total. The minimum atomic E-state index is -1.21. The molecule has 0 aromatic carbocycles. The van der Waals surface area contributed by atoms with Gasteiger partial charge in [-0.25, -0.2) is 15.0 Å². The molecule has 3 heterocycles. The number of ether oxygens (including phenoxy) is 1. The smallest absolute Gasteiger partial charge is 0.167 e. The third-order valence-electron chi connectivity index (χ3n) is 4.18. The van der Waals surface area contributed by atoms with Crippen molar-refractivity contribution in [2.24, 2.45) is 0 Å². The van der Waals surface area contributed by atoms with Crippen molar-refractivity contribution in [2.75, 3.05) is 18.5 Å². The molecule has 0 bridgehead atoms. The molecule has 1 aliphatic rings. The summed E-state index contributed by atoms with van der Waals surface area (Å²) in [6.45, 7) is 3.54. The van der Waals surface area contributed by atoms with Gasteiger partial charge in [0.1, 0.15) is 24.6 Å². The number of aliphatic hydroxyl groups excluding tert-OH is 3. The first-order valence-electron chi connectivity index (χ1n) is 8.08. The molecule has 0 saturated carbocycles. The van der Waals surface area contributed by atoms with Crippen LogP contribution in [0.3, 0.4) is 0 Å². The molecule has 2 aromatic rings. The molecule has 0 radical (unpaired) electrons. The van der Waals surface area contributed by atoms with E-state index in [0.717, 1.165) is 0 Å². The maximum absolute atomic E-state index is 10.2. The van der Waals surface area contributed by atoms with Crippen molar-refractivity contribution in [2.45, 2.75) is 50.4 Å². The molecule has 4 unspecified atom stereocenters. The Balaban J connectivity index is 1.84. The number of imidazole rings is 1. The fourth-order valence-corrected chi connectivity index (χ4v) is 2.76. The number of nitrogens with zero attached hydrogens (tertiary/aromatic N) is 4. The summed E-state index contributed by atoms with van der Waals surface area (Å²) in [6, 6.07) is 0. The van der Waals surface area contributed by atoms with Crippen molar-refractivity contribution in [3.8, 4) is 0 Å². The topological polar surface area (TPSA) is 146 Å². The van der Waals surface area contributed by atoms with Crippen LogP contribution in [0.25, 0.3) is 11.2 Å². The van der Waals surface area contributed by atoms with Crippen LogP contribution in [0, 0.1) is 0 Å². The van der Waals surface area contributed by atoms with E-state index in [1.165, 1.54) is 17.2 Å².